The smallest absolute Gasteiger partial charge is 0.317 e. The van der Waals surface area contributed by atoms with Crippen molar-refractivity contribution in [3.8, 4) is 5.75 Å². The highest BCUT2D eigenvalue weighted by Crippen LogP contribution is 2.14. The summed E-state index contributed by atoms with van der Waals surface area (Å²) in [6.45, 7) is 5.27. The minimum absolute atomic E-state index is 0.0146. The van der Waals surface area contributed by atoms with Gasteiger partial charge in [-0.05, 0) is 50.8 Å². The number of ether oxygens (including phenoxy) is 1. The van der Waals surface area contributed by atoms with Crippen molar-refractivity contribution in [2.45, 2.75) is 51.6 Å². The molecule has 2 N–H and O–H groups in total. The van der Waals surface area contributed by atoms with Crippen molar-refractivity contribution in [2.75, 3.05) is 20.2 Å². The Morgan fingerprint density at radius 1 is 1.20 bits per heavy atom. The lowest BCUT2D eigenvalue weighted by molar-refractivity contribution is -0.122. The van der Waals surface area contributed by atoms with Crippen molar-refractivity contribution in [3.63, 3.8) is 0 Å². The number of nitrogens with one attached hydrogen (secondary N) is 2. The molecule has 2 rings (SSSR count). The fraction of sp³-hybridized carbons (Fsp3) is 0.579. The maximum Gasteiger partial charge on any atom is 0.317 e. The van der Waals surface area contributed by atoms with Gasteiger partial charge in [-0.15, -0.1) is 0 Å². The second-order valence-electron chi connectivity index (χ2n) is 6.78. The minimum Gasteiger partial charge on any atom is -0.497 e. The van der Waals surface area contributed by atoms with E-state index in [1.165, 1.54) is 0 Å². The highest BCUT2D eigenvalue weighted by Gasteiger charge is 2.23. The molecule has 0 saturated carbocycles. The first kappa shape index (κ1) is 19.1. The van der Waals surface area contributed by atoms with Gasteiger partial charge < -0.3 is 20.3 Å². The summed E-state index contributed by atoms with van der Waals surface area (Å²) >= 11 is 0. The molecule has 1 saturated heterocycles. The summed E-state index contributed by atoms with van der Waals surface area (Å²) in [5.41, 5.74) is 1.12. The van der Waals surface area contributed by atoms with Crippen molar-refractivity contribution in [3.05, 3.63) is 29.8 Å². The number of amides is 3. The van der Waals surface area contributed by atoms with Crippen LogP contribution in [0.1, 0.15) is 38.7 Å². The molecule has 6 heteroatoms. The number of rotatable bonds is 6. The zero-order chi connectivity index (χ0) is 18.2. The molecule has 1 fully saturated rings. The molecule has 0 spiro atoms. The molecule has 6 nitrogen and oxygen atoms in total. The Bertz CT molecular complexity index is 564. The van der Waals surface area contributed by atoms with E-state index in [2.05, 4.69) is 10.6 Å². The monoisotopic (exact) mass is 347 g/mol. The fourth-order valence-corrected chi connectivity index (χ4v) is 2.92. The first-order valence-corrected chi connectivity index (χ1v) is 8.95. The number of carbonyl (C=O) groups excluding carboxylic acids is 2. The number of piperidine rings is 1. The molecule has 0 unspecified atom stereocenters. The van der Waals surface area contributed by atoms with Crippen LogP contribution in [0.15, 0.2) is 24.3 Å². The summed E-state index contributed by atoms with van der Waals surface area (Å²) in [4.78, 5) is 25.9. The van der Waals surface area contributed by atoms with Gasteiger partial charge in [-0.25, -0.2) is 4.79 Å². The van der Waals surface area contributed by atoms with Gasteiger partial charge >= 0.3 is 6.03 Å². The Labute approximate surface area is 149 Å². The lowest BCUT2D eigenvalue weighted by atomic mass is 10.0. The van der Waals surface area contributed by atoms with Gasteiger partial charge in [-0.3, -0.25) is 4.79 Å². The summed E-state index contributed by atoms with van der Waals surface area (Å²) < 4.78 is 5.13. The van der Waals surface area contributed by atoms with Crippen LogP contribution in [-0.2, 0) is 11.2 Å². The minimum atomic E-state index is -0.0146. The molecule has 1 aromatic carbocycles. The third-order valence-electron chi connectivity index (χ3n) is 4.36. The molecule has 0 atom stereocenters. The number of methoxy groups -OCH3 is 1. The largest absolute Gasteiger partial charge is 0.497 e. The van der Waals surface area contributed by atoms with Crippen molar-refractivity contribution in [2.24, 2.45) is 0 Å². The molecular formula is C19H29N3O3. The molecule has 0 bridgehead atoms. The van der Waals surface area contributed by atoms with Crippen LogP contribution in [0.25, 0.3) is 0 Å². The molecule has 1 aromatic rings. The van der Waals surface area contributed by atoms with Crippen LogP contribution < -0.4 is 15.4 Å². The Balaban J connectivity index is 1.68. The van der Waals surface area contributed by atoms with Gasteiger partial charge in [0.1, 0.15) is 5.75 Å². The van der Waals surface area contributed by atoms with E-state index in [1.807, 2.05) is 43.0 Å². The van der Waals surface area contributed by atoms with Crippen LogP contribution in [0.5, 0.6) is 5.75 Å². The second kappa shape index (κ2) is 9.30. The van der Waals surface area contributed by atoms with E-state index in [0.29, 0.717) is 25.9 Å². The molecule has 1 aliphatic rings. The third-order valence-corrected chi connectivity index (χ3v) is 4.36. The summed E-state index contributed by atoms with van der Waals surface area (Å²) in [6, 6.07) is 8.07. The molecule has 0 radical (unpaired) electrons. The van der Waals surface area contributed by atoms with Crippen LogP contribution in [0.2, 0.25) is 0 Å². The quantitative estimate of drug-likeness (QED) is 0.830. The van der Waals surface area contributed by atoms with Gasteiger partial charge in [-0.1, -0.05) is 12.1 Å². The number of carbonyl (C=O) groups is 2. The number of benzene rings is 1. The van der Waals surface area contributed by atoms with E-state index in [0.717, 1.165) is 24.2 Å². The SMILES string of the molecule is COc1ccc(CCC(=O)NC2CCN(C(=O)NC(C)C)CC2)cc1. The lowest BCUT2D eigenvalue weighted by Crippen LogP contribution is -2.50. The van der Waals surface area contributed by atoms with E-state index in [-0.39, 0.29) is 24.0 Å². The Kier molecular flexibility index (Phi) is 7.10. The number of nitrogens with zero attached hydrogens (tertiary/aromatic N) is 1. The zero-order valence-electron chi connectivity index (χ0n) is 15.4. The highest BCUT2D eigenvalue weighted by molar-refractivity contribution is 5.77. The zero-order valence-corrected chi connectivity index (χ0v) is 15.4. The van der Waals surface area contributed by atoms with Gasteiger partial charge in [0.05, 0.1) is 7.11 Å². The van der Waals surface area contributed by atoms with E-state index >= 15 is 0 Å². The Hall–Kier alpha value is -2.24. The van der Waals surface area contributed by atoms with Crippen molar-refractivity contribution < 1.29 is 14.3 Å². The maximum atomic E-state index is 12.1. The molecular weight excluding hydrogens is 318 g/mol. The standard InChI is InChI=1S/C19H29N3O3/c1-14(2)20-19(24)22-12-10-16(11-13-22)21-18(23)9-6-15-4-7-17(25-3)8-5-15/h4-5,7-8,14,16H,6,9-13H2,1-3H3,(H,20,24)(H,21,23). The van der Waals surface area contributed by atoms with E-state index in [1.54, 1.807) is 7.11 Å². The summed E-state index contributed by atoms with van der Waals surface area (Å²) in [5, 5.41) is 6.00. The van der Waals surface area contributed by atoms with Gasteiger partial charge in [0.15, 0.2) is 0 Å². The van der Waals surface area contributed by atoms with E-state index in [4.69, 9.17) is 4.74 Å². The highest BCUT2D eigenvalue weighted by atomic mass is 16.5. The Morgan fingerprint density at radius 3 is 2.40 bits per heavy atom. The summed E-state index contributed by atoms with van der Waals surface area (Å²) in [6.07, 6.45) is 2.80. The van der Waals surface area contributed by atoms with Gasteiger partial charge in [0.25, 0.3) is 0 Å². The Morgan fingerprint density at radius 2 is 1.84 bits per heavy atom. The van der Waals surface area contributed by atoms with E-state index < -0.39 is 0 Å². The van der Waals surface area contributed by atoms with Crippen LogP contribution >= 0.6 is 0 Å². The van der Waals surface area contributed by atoms with Crippen LogP contribution in [0.3, 0.4) is 0 Å². The number of likely N-dealkylation sites (tertiary alicyclic amines) is 1. The first-order chi connectivity index (χ1) is 12.0. The maximum absolute atomic E-state index is 12.1. The molecule has 138 valence electrons. The number of aryl methyl sites for hydroxylation is 1. The molecule has 3 amide bonds. The fourth-order valence-electron chi connectivity index (χ4n) is 2.92. The lowest BCUT2D eigenvalue weighted by Gasteiger charge is -2.33. The van der Waals surface area contributed by atoms with Gasteiger partial charge in [0, 0.05) is 31.6 Å². The molecule has 0 aliphatic carbocycles. The van der Waals surface area contributed by atoms with E-state index in [9.17, 15) is 9.59 Å². The van der Waals surface area contributed by atoms with Gasteiger partial charge in [-0.2, -0.15) is 0 Å². The molecule has 0 aromatic heterocycles. The van der Waals surface area contributed by atoms with Crippen LogP contribution in [0.4, 0.5) is 4.79 Å². The first-order valence-electron chi connectivity index (χ1n) is 8.95. The molecule has 1 heterocycles. The average Bonchev–Trinajstić information content (AvgIpc) is 2.60. The van der Waals surface area contributed by atoms with Crippen LogP contribution in [0, 0.1) is 0 Å². The van der Waals surface area contributed by atoms with Crippen molar-refractivity contribution >= 4 is 11.9 Å². The van der Waals surface area contributed by atoms with Crippen LogP contribution in [-0.4, -0.2) is 49.1 Å². The molecule has 1 aliphatic heterocycles. The second-order valence-corrected chi connectivity index (χ2v) is 6.78. The number of urea groups is 1. The predicted molar refractivity (Wildman–Crippen MR) is 97.7 cm³/mol. The average molecular weight is 347 g/mol. The van der Waals surface area contributed by atoms with Crippen molar-refractivity contribution in [1.29, 1.82) is 0 Å². The number of hydrogen-bond donors (Lipinski definition) is 2. The summed E-state index contributed by atoms with van der Waals surface area (Å²) in [7, 11) is 1.64. The normalized spacial score (nSPS) is 15.1. The molecule has 25 heavy (non-hydrogen) atoms. The van der Waals surface area contributed by atoms with Crippen molar-refractivity contribution in [1.82, 2.24) is 15.5 Å². The topological polar surface area (TPSA) is 70.7 Å². The number of hydrogen-bond acceptors (Lipinski definition) is 3. The third kappa shape index (κ3) is 6.29. The summed E-state index contributed by atoms with van der Waals surface area (Å²) in [5.74, 6) is 0.891. The predicted octanol–water partition coefficient (Wildman–Crippen LogP) is 2.33. The van der Waals surface area contributed by atoms with Gasteiger partial charge in [0.2, 0.25) is 5.91 Å².